The number of nitrogens with zero attached hydrogens (tertiary/aromatic N) is 1. The highest BCUT2D eigenvalue weighted by Crippen LogP contribution is 2.24. The smallest absolute Gasteiger partial charge is 0.408 e. The highest BCUT2D eigenvalue weighted by Gasteiger charge is 2.34. The van der Waals surface area contributed by atoms with E-state index in [9.17, 15) is 19.2 Å². The van der Waals surface area contributed by atoms with Crippen molar-refractivity contribution in [1.82, 2.24) is 15.5 Å². The predicted octanol–water partition coefficient (Wildman–Crippen LogP) is 3.26. The first kappa shape index (κ1) is 28.9. The van der Waals surface area contributed by atoms with E-state index in [2.05, 4.69) is 10.6 Å². The minimum absolute atomic E-state index is 0.0262. The van der Waals surface area contributed by atoms with Gasteiger partial charge in [-0.05, 0) is 53.5 Å². The Balaban J connectivity index is 3.15. The molecule has 0 aromatic heterocycles. The summed E-state index contributed by atoms with van der Waals surface area (Å²) in [6.45, 7) is 12.9. The number of nitrogens with one attached hydrogen (secondary N) is 2. The van der Waals surface area contributed by atoms with E-state index in [0.717, 1.165) is 5.56 Å². The molecule has 2 unspecified atom stereocenters. The minimum Gasteiger partial charge on any atom is -0.466 e. The van der Waals surface area contributed by atoms with Crippen molar-refractivity contribution in [2.45, 2.75) is 79.0 Å². The van der Waals surface area contributed by atoms with Gasteiger partial charge in [0.2, 0.25) is 11.8 Å². The monoisotopic (exact) mass is 477 g/mol. The van der Waals surface area contributed by atoms with Crippen LogP contribution in [-0.2, 0) is 23.9 Å². The van der Waals surface area contributed by atoms with Crippen LogP contribution in [0.4, 0.5) is 4.79 Å². The first-order chi connectivity index (χ1) is 15.9. The fourth-order valence-electron chi connectivity index (χ4n) is 3.33. The Morgan fingerprint density at radius 1 is 1.12 bits per heavy atom. The van der Waals surface area contributed by atoms with Crippen molar-refractivity contribution in [3.63, 3.8) is 0 Å². The molecular formula is C25H39N3O6. The van der Waals surface area contributed by atoms with Gasteiger partial charge >= 0.3 is 12.1 Å². The van der Waals surface area contributed by atoms with E-state index >= 15 is 0 Å². The summed E-state index contributed by atoms with van der Waals surface area (Å²) in [7, 11) is 0. The number of esters is 1. The zero-order valence-electron chi connectivity index (χ0n) is 21.4. The maximum Gasteiger partial charge on any atom is 0.408 e. The zero-order valence-corrected chi connectivity index (χ0v) is 21.4. The fraction of sp³-hybridized carbons (Fsp3) is 0.600. The quantitative estimate of drug-likeness (QED) is 0.473. The number of rotatable bonds is 11. The van der Waals surface area contributed by atoms with Crippen molar-refractivity contribution in [1.29, 1.82) is 0 Å². The Kier molecular flexibility index (Phi) is 11.5. The summed E-state index contributed by atoms with van der Waals surface area (Å²) in [5.41, 5.74) is 0.865. The second-order valence-corrected chi connectivity index (χ2v) is 9.06. The topological polar surface area (TPSA) is 114 Å². The van der Waals surface area contributed by atoms with Crippen LogP contribution in [0.5, 0.6) is 0 Å². The van der Waals surface area contributed by atoms with Crippen LogP contribution in [0.25, 0.3) is 0 Å². The Morgan fingerprint density at radius 2 is 1.79 bits per heavy atom. The van der Waals surface area contributed by atoms with Gasteiger partial charge in [0.25, 0.3) is 0 Å². The largest absolute Gasteiger partial charge is 0.466 e. The van der Waals surface area contributed by atoms with Crippen LogP contribution in [-0.4, -0.2) is 60.1 Å². The van der Waals surface area contributed by atoms with Crippen molar-refractivity contribution in [2.75, 3.05) is 19.7 Å². The lowest BCUT2D eigenvalue weighted by Crippen LogP contribution is -2.52. The highest BCUT2D eigenvalue weighted by molar-refractivity contribution is 5.92. The number of carbonyl (C=O) groups excluding carboxylic acids is 4. The van der Waals surface area contributed by atoms with Crippen LogP contribution in [0.15, 0.2) is 24.3 Å². The molecular weight excluding hydrogens is 438 g/mol. The van der Waals surface area contributed by atoms with Gasteiger partial charge in [0.05, 0.1) is 13.0 Å². The number of amides is 3. The molecule has 1 aromatic rings. The van der Waals surface area contributed by atoms with Crippen LogP contribution >= 0.6 is 0 Å². The summed E-state index contributed by atoms with van der Waals surface area (Å²) >= 11 is 0. The van der Waals surface area contributed by atoms with Gasteiger partial charge in [-0.2, -0.15) is 0 Å². The van der Waals surface area contributed by atoms with E-state index in [1.165, 1.54) is 4.90 Å². The molecule has 9 heteroatoms. The van der Waals surface area contributed by atoms with Gasteiger partial charge < -0.3 is 25.0 Å². The standard InChI is InChI=1S/C25H39N3O6/c1-8-15-28(23(31)18(4)27-24(32)34-25(5,6)7)21(19-12-10-11-17(3)16-19)22(30)26-14-13-20(29)33-9-2/h10-12,16,18,21H,8-9,13-15H2,1-7H3,(H,26,30)(H,27,32). The molecule has 0 fully saturated rings. The molecule has 0 radical (unpaired) electrons. The van der Waals surface area contributed by atoms with Gasteiger partial charge in [0.15, 0.2) is 0 Å². The lowest BCUT2D eigenvalue weighted by molar-refractivity contribution is -0.144. The normalized spacial score (nSPS) is 12.8. The molecule has 34 heavy (non-hydrogen) atoms. The van der Waals surface area contributed by atoms with Gasteiger partial charge in [-0.3, -0.25) is 14.4 Å². The number of benzene rings is 1. The van der Waals surface area contributed by atoms with E-state index in [1.54, 1.807) is 40.7 Å². The average molecular weight is 478 g/mol. The van der Waals surface area contributed by atoms with E-state index < -0.39 is 41.6 Å². The van der Waals surface area contributed by atoms with Crippen LogP contribution in [0, 0.1) is 6.92 Å². The van der Waals surface area contributed by atoms with E-state index in [4.69, 9.17) is 9.47 Å². The Bertz CT molecular complexity index is 849. The van der Waals surface area contributed by atoms with Crippen molar-refractivity contribution < 1.29 is 28.7 Å². The van der Waals surface area contributed by atoms with Crippen molar-refractivity contribution in [3.8, 4) is 0 Å². The lowest BCUT2D eigenvalue weighted by atomic mass is 10.0. The lowest BCUT2D eigenvalue weighted by Gasteiger charge is -2.33. The van der Waals surface area contributed by atoms with Gasteiger partial charge in [-0.15, -0.1) is 0 Å². The molecule has 0 saturated carbocycles. The fourth-order valence-corrected chi connectivity index (χ4v) is 3.33. The molecule has 0 aliphatic heterocycles. The molecule has 1 rings (SSSR count). The molecule has 9 nitrogen and oxygen atoms in total. The summed E-state index contributed by atoms with van der Waals surface area (Å²) in [6.07, 6.45) is -0.0855. The number of alkyl carbamates (subject to hydrolysis) is 1. The van der Waals surface area contributed by atoms with Gasteiger partial charge in [0.1, 0.15) is 17.7 Å². The van der Waals surface area contributed by atoms with E-state index in [0.29, 0.717) is 18.5 Å². The second kappa shape index (κ2) is 13.6. The molecule has 0 aliphatic carbocycles. The molecule has 3 amide bonds. The molecule has 0 heterocycles. The highest BCUT2D eigenvalue weighted by atomic mass is 16.6. The third-order valence-corrected chi connectivity index (χ3v) is 4.70. The number of carbonyl (C=O) groups is 4. The summed E-state index contributed by atoms with van der Waals surface area (Å²) in [5, 5.41) is 5.31. The van der Waals surface area contributed by atoms with E-state index in [1.807, 2.05) is 32.0 Å². The van der Waals surface area contributed by atoms with Crippen molar-refractivity contribution >= 4 is 23.9 Å². The van der Waals surface area contributed by atoms with Gasteiger partial charge in [0, 0.05) is 13.1 Å². The molecule has 0 spiro atoms. The first-order valence-electron chi connectivity index (χ1n) is 11.7. The molecule has 2 N–H and O–H groups in total. The Hall–Kier alpha value is -3.10. The molecule has 190 valence electrons. The number of aryl methyl sites for hydroxylation is 1. The SMILES string of the molecule is CCCN(C(=O)C(C)NC(=O)OC(C)(C)C)C(C(=O)NCCC(=O)OCC)c1cccc(C)c1. The third kappa shape index (κ3) is 9.80. The zero-order chi connectivity index (χ0) is 25.9. The Labute approximate surface area is 202 Å². The van der Waals surface area contributed by atoms with Crippen molar-refractivity contribution in [3.05, 3.63) is 35.4 Å². The number of hydrogen-bond acceptors (Lipinski definition) is 6. The molecule has 2 atom stereocenters. The molecule has 0 saturated heterocycles. The summed E-state index contributed by atoms with van der Waals surface area (Å²) in [6, 6.07) is 5.50. The summed E-state index contributed by atoms with van der Waals surface area (Å²) in [4.78, 5) is 52.0. The van der Waals surface area contributed by atoms with Gasteiger partial charge in [-0.1, -0.05) is 36.8 Å². The van der Waals surface area contributed by atoms with E-state index in [-0.39, 0.29) is 19.6 Å². The first-order valence-corrected chi connectivity index (χ1v) is 11.7. The summed E-state index contributed by atoms with van der Waals surface area (Å²) in [5.74, 6) is -1.24. The predicted molar refractivity (Wildman–Crippen MR) is 129 cm³/mol. The Morgan fingerprint density at radius 3 is 2.35 bits per heavy atom. The minimum atomic E-state index is -0.933. The van der Waals surface area contributed by atoms with Crippen LogP contribution in [0.1, 0.15) is 71.6 Å². The maximum atomic E-state index is 13.4. The average Bonchev–Trinajstić information content (AvgIpc) is 2.71. The molecule has 0 bridgehead atoms. The number of hydrogen-bond donors (Lipinski definition) is 2. The maximum absolute atomic E-state index is 13.4. The van der Waals surface area contributed by atoms with Crippen LogP contribution in [0.2, 0.25) is 0 Å². The third-order valence-electron chi connectivity index (χ3n) is 4.70. The van der Waals surface area contributed by atoms with Gasteiger partial charge in [-0.25, -0.2) is 4.79 Å². The van der Waals surface area contributed by atoms with Crippen molar-refractivity contribution in [2.24, 2.45) is 0 Å². The van der Waals surface area contributed by atoms with Crippen LogP contribution in [0.3, 0.4) is 0 Å². The molecule has 1 aromatic carbocycles. The van der Waals surface area contributed by atoms with Crippen LogP contribution < -0.4 is 10.6 Å². The second-order valence-electron chi connectivity index (χ2n) is 9.06. The summed E-state index contributed by atoms with van der Waals surface area (Å²) < 4.78 is 10.2. The molecule has 0 aliphatic rings. The number of ether oxygens (including phenoxy) is 2.